The molecule has 0 saturated carbocycles. The van der Waals surface area contributed by atoms with E-state index in [1.165, 1.54) is 16.0 Å². The first-order chi connectivity index (χ1) is 7.06. The summed E-state index contributed by atoms with van der Waals surface area (Å²) in [6.45, 7) is 0. The molecule has 0 heterocycles. The van der Waals surface area contributed by atoms with Gasteiger partial charge in [-0.15, -0.1) is 0 Å². The molecular formula is C14H18Ge. The fraction of sp³-hybridized carbons (Fsp3) is 0.286. The summed E-state index contributed by atoms with van der Waals surface area (Å²) in [6.07, 6.45) is 0. The summed E-state index contributed by atoms with van der Waals surface area (Å²) in [5.41, 5.74) is 1.54. The molecular weight excluding hydrogens is 241 g/mol. The van der Waals surface area contributed by atoms with Gasteiger partial charge in [-0.05, 0) is 0 Å². The minimum atomic E-state index is -1.49. The number of hydrogen-bond donors (Lipinski definition) is 0. The Labute approximate surface area is 94.7 Å². The molecule has 0 bridgehead atoms. The Morgan fingerprint density at radius 1 is 0.867 bits per heavy atom. The topological polar surface area (TPSA) is 0 Å². The van der Waals surface area contributed by atoms with E-state index in [0.29, 0.717) is 0 Å². The number of rotatable bonds is 2. The Hall–Kier alpha value is -0.757. The van der Waals surface area contributed by atoms with Gasteiger partial charge in [0.1, 0.15) is 0 Å². The quantitative estimate of drug-likeness (QED) is 0.707. The molecule has 0 amide bonds. The van der Waals surface area contributed by atoms with Crippen molar-refractivity contribution >= 4 is 24.0 Å². The first-order valence-electron chi connectivity index (χ1n) is 5.53. The van der Waals surface area contributed by atoms with E-state index in [4.69, 9.17) is 0 Å². The van der Waals surface area contributed by atoms with Crippen LogP contribution in [0.5, 0.6) is 0 Å². The maximum atomic E-state index is 2.47. The fourth-order valence-corrected chi connectivity index (χ4v) is 5.06. The van der Waals surface area contributed by atoms with Crippen molar-refractivity contribution < 1.29 is 0 Å². The SMILES string of the molecule is [CH3][Ge]([CH3])([CH3])[CH2]c1cccc2ccccc12. The molecule has 0 N–H and O–H groups in total. The molecule has 2 aromatic rings. The Balaban J connectivity index is 2.52. The average Bonchev–Trinajstić information content (AvgIpc) is 2.16. The zero-order valence-corrected chi connectivity index (χ0v) is 11.8. The van der Waals surface area contributed by atoms with Crippen LogP contribution in [0.3, 0.4) is 0 Å². The third-order valence-corrected chi connectivity index (χ3v) is 5.63. The normalized spacial score (nSPS) is 11.9. The van der Waals surface area contributed by atoms with Gasteiger partial charge in [0.25, 0.3) is 0 Å². The molecule has 0 aromatic heterocycles. The predicted molar refractivity (Wildman–Crippen MR) is 71.0 cm³/mol. The Morgan fingerprint density at radius 2 is 1.53 bits per heavy atom. The van der Waals surface area contributed by atoms with Gasteiger partial charge in [0, 0.05) is 0 Å². The molecule has 0 unspecified atom stereocenters. The molecule has 0 saturated heterocycles. The summed E-state index contributed by atoms with van der Waals surface area (Å²) >= 11 is -1.49. The fourth-order valence-electron chi connectivity index (χ4n) is 2.02. The molecule has 0 aliphatic heterocycles. The van der Waals surface area contributed by atoms with Crippen LogP contribution in [0.4, 0.5) is 0 Å². The molecule has 2 aromatic carbocycles. The monoisotopic (exact) mass is 260 g/mol. The van der Waals surface area contributed by atoms with Crippen LogP contribution in [0, 0.1) is 0 Å². The first kappa shape index (κ1) is 10.8. The summed E-state index contributed by atoms with van der Waals surface area (Å²) < 4.78 is 0. The second-order valence-corrected chi connectivity index (χ2v) is 16.9. The van der Waals surface area contributed by atoms with Crippen LogP contribution < -0.4 is 0 Å². The Morgan fingerprint density at radius 3 is 2.27 bits per heavy atom. The van der Waals surface area contributed by atoms with Crippen LogP contribution in [-0.2, 0) is 5.25 Å². The Kier molecular flexibility index (Phi) is 2.88. The van der Waals surface area contributed by atoms with E-state index in [9.17, 15) is 0 Å². The molecule has 15 heavy (non-hydrogen) atoms. The predicted octanol–water partition coefficient (Wildman–Crippen LogP) is 4.26. The van der Waals surface area contributed by atoms with Gasteiger partial charge < -0.3 is 0 Å². The summed E-state index contributed by atoms with van der Waals surface area (Å²) in [5, 5.41) is 4.14. The van der Waals surface area contributed by atoms with Gasteiger partial charge in [-0.1, -0.05) is 0 Å². The van der Waals surface area contributed by atoms with Gasteiger partial charge in [-0.25, -0.2) is 0 Å². The van der Waals surface area contributed by atoms with Gasteiger partial charge >= 0.3 is 94.6 Å². The van der Waals surface area contributed by atoms with Crippen molar-refractivity contribution in [1.29, 1.82) is 0 Å². The van der Waals surface area contributed by atoms with Gasteiger partial charge in [0.15, 0.2) is 0 Å². The zero-order valence-electron chi connectivity index (χ0n) is 9.75. The number of benzene rings is 2. The van der Waals surface area contributed by atoms with E-state index in [-0.39, 0.29) is 0 Å². The van der Waals surface area contributed by atoms with Crippen molar-refractivity contribution in [3.8, 4) is 0 Å². The maximum absolute atomic E-state index is 2.47. The molecule has 78 valence electrons. The summed E-state index contributed by atoms with van der Waals surface area (Å²) in [4.78, 5) is 0. The van der Waals surface area contributed by atoms with Crippen molar-refractivity contribution in [2.24, 2.45) is 0 Å². The van der Waals surface area contributed by atoms with Crippen LogP contribution >= 0.6 is 0 Å². The van der Waals surface area contributed by atoms with Crippen LogP contribution in [0.1, 0.15) is 5.56 Å². The van der Waals surface area contributed by atoms with Gasteiger partial charge in [-0.3, -0.25) is 0 Å². The molecule has 0 aliphatic carbocycles. The van der Waals surface area contributed by atoms with E-state index in [0.717, 1.165) is 0 Å². The van der Waals surface area contributed by atoms with E-state index in [1.54, 1.807) is 5.56 Å². The Bertz CT molecular complexity index is 461. The second kappa shape index (κ2) is 4.01. The van der Waals surface area contributed by atoms with Crippen LogP contribution in [0.25, 0.3) is 10.8 Å². The molecule has 0 radical (unpaired) electrons. The second-order valence-electron chi connectivity index (χ2n) is 5.38. The van der Waals surface area contributed by atoms with E-state index >= 15 is 0 Å². The van der Waals surface area contributed by atoms with Crippen LogP contribution in [0.2, 0.25) is 17.3 Å². The molecule has 1 heteroatoms. The van der Waals surface area contributed by atoms with E-state index in [2.05, 4.69) is 59.7 Å². The first-order valence-corrected chi connectivity index (χ1v) is 13.3. The van der Waals surface area contributed by atoms with Gasteiger partial charge in [0.05, 0.1) is 0 Å². The number of hydrogen-bond acceptors (Lipinski definition) is 0. The summed E-state index contributed by atoms with van der Waals surface area (Å²) in [7, 11) is 0. The van der Waals surface area contributed by atoms with Crippen LogP contribution in [-0.4, -0.2) is 13.3 Å². The molecule has 0 spiro atoms. The molecule has 0 atom stereocenters. The van der Waals surface area contributed by atoms with Crippen molar-refractivity contribution in [3.05, 3.63) is 48.0 Å². The number of fused-ring (bicyclic) bond motifs is 1. The minimum absolute atomic E-state index is 1.32. The van der Waals surface area contributed by atoms with Crippen molar-refractivity contribution in [1.82, 2.24) is 0 Å². The third kappa shape index (κ3) is 2.63. The van der Waals surface area contributed by atoms with Gasteiger partial charge in [0.2, 0.25) is 0 Å². The molecule has 0 nitrogen and oxygen atoms in total. The van der Waals surface area contributed by atoms with Gasteiger partial charge in [-0.2, -0.15) is 0 Å². The van der Waals surface area contributed by atoms with E-state index < -0.39 is 13.3 Å². The standard InChI is InChI=1S/C14H18Ge/c1-15(2,3)11-13-9-6-8-12-7-4-5-10-14(12)13/h4-10H,11H2,1-3H3. The van der Waals surface area contributed by atoms with Crippen molar-refractivity contribution in [2.45, 2.75) is 22.5 Å². The molecule has 2 rings (SSSR count). The summed E-state index contributed by atoms with van der Waals surface area (Å²) in [5.74, 6) is 7.42. The average molecular weight is 259 g/mol. The third-order valence-electron chi connectivity index (χ3n) is 2.60. The zero-order chi connectivity index (χ0) is 10.9. The van der Waals surface area contributed by atoms with Crippen molar-refractivity contribution in [3.63, 3.8) is 0 Å². The van der Waals surface area contributed by atoms with E-state index in [1.807, 2.05) is 0 Å². The van der Waals surface area contributed by atoms with Crippen molar-refractivity contribution in [2.75, 3.05) is 0 Å². The van der Waals surface area contributed by atoms with Crippen LogP contribution in [0.15, 0.2) is 42.5 Å². The summed E-state index contributed by atoms with van der Waals surface area (Å²) in [6, 6.07) is 15.4. The molecule has 0 aliphatic rings. The molecule has 0 fully saturated rings.